The highest BCUT2D eigenvalue weighted by atomic mass is 16.5. The van der Waals surface area contributed by atoms with Crippen LogP contribution in [0.5, 0.6) is 23.4 Å². The van der Waals surface area contributed by atoms with E-state index in [9.17, 15) is 0 Å². The molecule has 0 atom stereocenters. The lowest BCUT2D eigenvalue weighted by molar-refractivity contribution is 0.316. The molecule has 9 aromatic rings. The van der Waals surface area contributed by atoms with E-state index in [1.807, 2.05) is 86.8 Å². The normalized spacial score (nSPS) is 13.7. The maximum atomic E-state index is 5.93. The highest BCUT2D eigenvalue weighted by Gasteiger charge is 2.26. The summed E-state index contributed by atoms with van der Waals surface area (Å²) in [5.74, 6) is 3.11. The molecule has 12 rings (SSSR count). The first kappa shape index (κ1) is 49.5. The number of fused-ring (bicyclic) bond motifs is 3. The van der Waals surface area contributed by atoms with Crippen LogP contribution < -0.4 is 33.6 Å². The number of nitrogens with zero attached hydrogens (tertiary/aromatic N) is 9. The second-order valence-electron chi connectivity index (χ2n) is 18.0. The Balaban J connectivity index is 0.000000134. The molecule has 0 saturated carbocycles. The third-order valence-corrected chi connectivity index (χ3v) is 13.4. The lowest BCUT2D eigenvalue weighted by Gasteiger charge is -2.22. The van der Waals surface area contributed by atoms with Crippen LogP contribution in [-0.4, -0.2) is 75.9 Å². The topological polar surface area (TPSA) is 100 Å². The molecule has 0 amide bonds. The van der Waals surface area contributed by atoms with Gasteiger partial charge in [-0.25, -0.2) is 14.0 Å². The van der Waals surface area contributed by atoms with Gasteiger partial charge in [0.05, 0.1) is 97.2 Å². The SMILES string of the molecule is C.COc1ccc(N2CCOc3nn(-c4ccccc4)c(C)c3C2)cc1.Cc1c2c(nn1-c1ccccc1)OCCN(c1ccccc1)C2.Cc1ccc(N2CCOc3nn(-c4ccccc4)c(C)c3C2)cc1. The number of methoxy groups -OCH3 is 1. The van der Waals surface area contributed by atoms with Crippen LogP contribution in [0.25, 0.3) is 17.1 Å². The summed E-state index contributed by atoms with van der Waals surface area (Å²) >= 11 is 0. The van der Waals surface area contributed by atoms with Crippen LogP contribution in [0.2, 0.25) is 0 Å². The molecule has 0 N–H and O–H groups in total. The van der Waals surface area contributed by atoms with Gasteiger partial charge in [0.2, 0.25) is 17.6 Å². The minimum atomic E-state index is 0. The number of benzene rings is 6. The average molecular weight is 976 g/mol. The fourth-order valence-electron chi connectivity index (χ4n) is 9.30. The van der Waals surface area contributed by atoms with Crippen molar-refractivity contribution in [2.75, 3.05) is 61.3 Å². The highest BCUT2D eigenvalue weighted by Crippen LogP contribution is 2.33. The molecule has 3 aliphatic rings. The summed E-state index contributed by atoms with van der Waals surface area (Å²) in [6.07, 6.45) is 0. The van der Waals surface area contributed by atoms with E-state index >= 15 is 0 Å². The zero-order valence-electron chi connectivity index (χ0n) is 41.7. The number of rotatable bonds is 7. The second-order valence-corrected chi connectivity index (χ2v) is 18.0. The van der Waals surface area contributed by atoms with Gasteiger partial charge in [-0.3, -0.25) is 0 Å². The molecule has 0 unspecified atom stereocenters. The van der Waals surface area contributed by atoms with Gasteiger partial charge in [0.25, 0.3) is 0 Å². The molecule has 13 heteroatoms. The fourth-order valence-corrected chi connectivity index (χ4v) is 9.30. The molecular formula is C60H65N9O4. The molecule has 6 aromatic carbocycles. The van der Waals surface area contributed by atoms with Gasteiger partial charge in [-0.05, 0) is 113 Å². The van der Waals surface area contributed by atoms with Crippen molar-refractivity contribution in [3.05, 3.63) is 209 Å². The van der Waals surface area contributed by atoms with Gasteiger partial charge in [-0.15, -0.1) is 15.3 Å². The van der Waals surface area contributed by atoms with Gasteiger partial charge in [-0.1, -0.05) is 97.9 Å². The second kappa shape index (κ2) is 22.7. The van der Waals surface area contributed by atoms with Gasteiger partial charge >= 0.3 is 0 Å². The number of hydrogen-bond acceptors (Lipinski definition) is 10. The first-order chi connectivity index (χ1) is 35.3. The van der Waals surface area contributed by atoms with Gasteiger partial charge in [0.15, 0.2) is 0 Å². The molecule has 3 aliphatic heterocycles. The molecule has 0 spiro atoms. The summed E-state index contributed by atoms with van der Waals surface area (Å²) < 4.78 is 28.9. The number of aryl methyl sites for hydroxylation is 1. The van der Waals surface area contributed by atoms with Crippen LogP contribution >= 0.6 is 0 Å². The van der Waals surface area contributed by atoms with E-state index in [2.05, 4.69) is 150 Å². The Morgan fingerprint density at radius 3 is 0.973 bits per heavy atom. The minimum Gasteiger partial charge on any atom is -0.497 e. The van der Waals surface area contributed by atoms with Gasteiger partial charge in [0, 0.05) is 17.1 Å². The largest absolute Gasteiger partial charge is 0.497 e. The average Bonchev–Trinajstić information content (AvgIpc) is 3.76. The zero-order chi connectivity index (χ0) is 49.4. The van der Waals surface area contributed by atoms with Crippen molar-refractivity contribution in [2.24, 2.45) is 0 Å². The monoisotopic (exact) mass is 976 g/mol. The summed E-state index contributed by atoms with van der Waals surface area (Å²) in [5.41, 5.74) is 14.9. The fraction of sp³-hybridized carbons (Fsp3) is 0.250. The predicted octanol–water partition coefficient (Wildman–Crippen LogP) is 11.7. The number of ether oxygens (including phenoxy) is 4. The Morgan fingerprint density at radius 1 is 0.370 bits per heavy atom. The van der Waals surface area contributed by atoms with Crippen LogP contribution in [0.15, 0.2) is 170 Å². The maximum Gasteiger partial charge on any atom is 0.238 e. The summed E-state index contributed by atoms with van der Waals surface area (Å²) in [7, 11) is 1.68. The first-order valence-electron chi connectivity index (χ1n) is 24.6. The lowest BCUT2D eigenvalue weighted by atomic mass is 10.2. The number of anilines is 3. The Morgan fingerprint density at radius 2 is 0.658 bits per heavy atom. The van der Waals surface area contributed by atoms with E-state index in [-0.39, 0.29) is 7.43 Å². The van der Waals surface area contributed by atoms with E-state index in [4.69, 9.17) is 24.0 Å². The van der Waals surface area contributed by atoms with Crippen molar-refractivity contribution in [1.82, 2.24) is 29.3 Å². The van der Waals surface area contributed by atoms with E-state index in [0.29, 0.717) is 19.8 Å². The maximum absolute atomic E-state index is 5.93. The smallest absolute Gasteiger partial charge is 0.238 e. The summed E-state index contributed by atoms with van der Waals surface area (Å²) in [6, 6.07) is 57.8. The van der Waals surface area contributed by atoms with Gasteiger partial charge < -0.3 is 33.6 Å². The first-order valence-corrected chi connectivity index (χ1v) is 24.6. The van der Waals surface area contributed by atoms with Crippen LogP contribution in [0.4, 0.5) is 17.1 Å². The van der Waals surface area contributed by atoms with Crippen LogP contribution in [0.3, 0.4) is 0 Å². The van der Waals surface area contributed by atoms with Crippen molar-refractivity contribution in [2.45, 2.75) is 54.8 Å². The molecule has 0 bridgehead atoms. The Kier molecular flexibility index (Phi) is 15.4. The molecule has 0 fully saturated rings. The predicted molar refractivity (Wildman–Crippen MR) is 292 cm³/mol. The summed E-state index contributed by atoms with van der Waals surface area (Å²) in [6.45, 7) is 15.3. The van der Waals surface area contributed by atoms with Crippen LogP contribution in [0.1, 0.15) is 46.8 Å². The third kappa shape index (κ3) is 11.1. The molecule has 0 radical (unpaired) electrons. The molecule has 13 nitrogen and oxygen atoms in total. The number of aromatic nitrogens is 6. The molecular weight excluding hydrogens is 911 g/mol. The Labute approximate surface area is 429 Å². The standard InChI is InChI=1S/C20H21N3O2.C20H21N3O.C19H19N3O.CH4/c1-15-19-14-22(16-8-10-18(24-2)11-9-16)12-13-25-20(19)21-23(15)17-6-4-3-5-7-17;1-15-8-10-17(11-9-15)22-12-13-24-20-19(14-22)16(2)23(21-20)18-6-4-3-5-7-18;1-15-18-14-21(16-8-4-2-5-9-16)12-13-23-19(18)20-22(15)17-10-6-3-7-11-17;/h3-11H,12-14H2,1-2H3;3-11H,12-14H2,1-2H3;2-11H,12-14H2,1H3;1H4. The zero-order valence-corrected chi connectivity index (χ0v) is 41.7. The van der Waals surface area contributed by atoms with Crippen molar-refractivity contribution in [1.29, 1.82) is 0 Å². The number of hydrogen-bond donors (Lipinski definition) is 0. The highest BCUT2D eigenvalue weighted by molar-refractivity contribution is 5.54. The lowest BCUT2D eigenvalue weighted by Crippen LogP contribution is -2.25. The molecule has 0 aliphatic carbocycles. The minimum absolute atomic E-state index is 0. The van der Waals surface area contributed by atoms with Crippen LogP contribution in [0, 0.1) is 27.7 Å². The van der Waals surface area contributed by atoms with E-state index in [1.54, 1.807) is 7.11 Å². The van der Waals surface area contributed by atoms with Crippen molar-refractivity contribution in [3.8, 4) is 40.5 Å². The summed E-state index contributed by atoms with van der Waals surface area (Å²) in [5, 5.41) is 14.1. The Hall–Kier alpha value is -8.45. The molecule has 6 heterocycles. The molecule has 374 valence electrons. The molecule has 3 aromatic heterocycles. The molecule has 73 heavy (non-hydrogen) atoms. The van der Waals surface area contributed by atoms with Crippen molar-refractivity contribution in [3.63, 3.8) is 0 Å². The van der Waals surface area contributed by atoms with Crippen LogP contribution in [-0.2, 0) is 19.6 Å². The summed E-state index contributed by atoms with van der Waals surface area (Å²) in [4.78, 5) is 7.01. The quantitative estimate of drug-likeness (QED) is 0.153. The van der Waals surface area contributed by atoms with E-state index in [1.165, 1.54) is 16.9 Å². The van der Waals surface area contributed by atoms with Gasteiger partial charge in [0.1, 0.15) is 25.6 Å². The van der Waals surface area contributed by atoms with Crippen molar-refractivity contribution >= 4 is 17.1 Å². The Bertz CT molecular complexity index is 3170. The molecule has 0 saturated heterocycles. The third-order valence-electron chi connectivity index (χ3n) is 13.4. The van der Waals surface area contributed by atoms with Gasteiger partial charge in [-0.2, -0.15) is 0 Å². The van der Waals surface area contributed by atoms with E-state index in [0.717, 1.165) is 119 Å². The van der Waals surface area contributed by atoms with Crippen molar-refractivity contribution < 1.29 is 18.9 Å². The number of para-hydroxylation sites is 4. The van der Waals surface area contributed by atoms with E-state index < -0.39 is 0 Å².